The molecule has 0 aromatic heterocycles. The average molecular weight is 241 g/mol. The summed E-state index contributed by atoms with van der Waals surface area (Å²) in [4.78, 5) is 10.9. The fraction of sp³-hybridized carbons (Fsp3) is 0.133. The molecule has 0 saturated carbocycles. The molecule has 92 valence electrons. The largest absolute Gasteiger partial charge is 0.478 e. The Morgan fingerprint density at radius 3 is 2.67 bits per heavy atom. The second-order valence-corrected chi connectivity index (χ2v) is 4.23. The minimum Gasteiger partial charge on any atom is -0.478 e. The van der Waals surface area contributed by atoms with Crippen molar-refractivity contribution in [2.45, 2.75) is 13.5 Å². The summed E-state index contributed by atoms with van der Waals surface area (Å²) in [6, 6.07) is 15.0. The molecule has 0 saturated heterocycles. The van der Waals surface area contributed by atoms with Gasteiger partial charge in [0.1, 0.15) is 0 Å². The highest BCUT2D eigenvalue weighted by atomic mass is 16.4. The lowest BCUT2D eigenvalue weighted by Crippen LogP contribution is -2.02. The van der Waals surface area contributed by atoms with Crippen LogP contribution >= 0.6 is 0 Å². The molecule has 0 radical (unpaired) electrons. The van der Waals surface area contributed by atoms with Crippen LogP contribution in [0.2, 0.25) is 0 Å². The Labute approximate surface area is 106 Å². The summed E-state index contributed by atoms with van der Waals surface area (Å²) in [6.45, 7) is 2.65. The van der Waals surface area contributed by atoms with Gasteiger partial charge in [0.25, 0.3) is 0 Å². The van der Waals surface area contributed by atoms with Gasteiger partial charge in [-0.05, 0) is 42.3 Å². The molecule has 0 aliphatic heterocycles. The van der Waals surface area contributed by atoms with Crippen molar-refractivity contribution in [3.63, 3.8) is 0 Å². The lowest BCUT2D eigenvalue weighted by Gasteiger charge is -2.07. The molecule has 0 heterocycles. The predicted octanol–water partition coefficient (Wildman–Crippen LogP) is 3.31. The minimum absolute atomic E-state index is 0.318. The van der Waals surface area contributed by atoms with Crippen molar-refractivity contribution in [1.82, 2.24) is 0 Å². The number of carboxylic acid groups (broad SMARTS) is 1. The van der Waals surface area contributed by atoms with E-state index in [1.165, 1.54) is 5.56 Å². The maximum absolute atomic E-state index is 10.9. The molecule has 0 aliphatic carbocycles. The van der Waals surface area contributed by atoms with Crippen LogP contribution in [0.15, 0.2) is 48.5 Å². The van der Waals surface area contributed by atoms with E-state index in [4.69, 9.17) is 5.11 Å². The smallest absolute Gasteiger partial charge is 0.335 e. The van der Waals surface area contributed by atoms with Crippen molar-refractivity contribution >= 4 is 11.7 Å². The molecule has 2 rings (SSSR count). The molecule has 2 aromatic carbocycles. The van der Waals surface area contributed by atoms with E-state index >= 15 is 0 Å². The number of nitrogens with one attached hydrogen (secondary N) is 1. The molecule has 0 aliphatic rings. The van der Waals surface area contributed by atoms with E-state index in [0.717, 1.165) is 11.3 Å². The Balaban J connectivity index is 2.06. The molecule has 3 heteroatoms. The van der Waals surface area contributed by atoms with Gasteiger partial charge in [0.15, 0.2) is 0 Å². The van der Waals surface area contributed by atoms with Gasteiger partial charge in [-0.3, -0.25) is 0 Å². The Bertz CT molecular complexity index is 564. The van der Waals surface area contributed by atoms with Crippen LogP contribution in [-0.2, 0) is 6.54 Å². The monoisotopic (exact) mass is 241 g/mol. The molecule has 0 fully saturated rings. The summed E-state index contributed by atoms with van der Waals surface area (Å²) in [5.74, 6) is -0.896. The number of anilines is 1. The van der Waals surface area contributed by atoms with Crippen LogP contribution in [0.25, 0.3) is 0 Å². The van der Waals surface area contributed by atoms with Gasteiger partial charge in [0.2, 0.25) is 0 Å². The fourth-order valence-corrected chi connectivity index (χ4v) is 1.77. The predicted molar refractivity (Wildman–Crippen MR) is 71.9 cm³/mol. The first-order chi connectivity index (χ1) is 8.65. The number of carbonyl (C=O) groups is 1. The van der Waals surface area contributed by atoms with Crippen LogP contribution < -0.4 is 5.32 Å². The van der Waals surface area contributed by atoms with Gasteiger partial charge in [-0.1, -0.05) is 24.3 Å². The fourth-order valence-electron chi connectivity index (χ4n) is 1.77. The van der Waals surface area contributed by atoms with E-state index in [1.807, 2.05) is 31.2 Å². The summed E-state index contributed by atoms with van der Waals surface area (Å²) in [5.41, 5.74) is 3.50. The quantitative estimate of drug-likeness (QED) is 0.863. The molecular weight excluding hydrogens is 226 g/mol. The van der Waals surface area contributed by atoms with Gasteiger partial charge < -0.3 is 10.4 Å². The van der Waals surface area contributed by atoms with Gasteiger partial charge in [0.05, 0.1) is 5.56 Å². The van der Waals surface area contributed by atoms with E-state index in [1.54, 1.807) is 18.2 Å². The van der Waals surface area contributed by atoms with Crippen LogP contribution in [-0.4, -0.2) is 11.1 Å². The van der Waals surface area contributed by atoms with Crippen LogP contribution in [0.3, 0.4) is 0 Å². The number of hydrogen-bond acceptors (Lipinski definition) is 2. The number of aryl methyl sites for hydroxylation is 1. The summed E-state index contributed by atoms with van der Waals surface area (Å²) in [5, 5.41) is 12.2. The molecule has 0 spiro atoms. The summed E-state index contributed by atoms with van der Waals surface area (Å²) in [6.07, 6.45) is 0. The Morgan fingerprint density at radius 2 is 1.94 bits per heavy atom. The summed E-state index contributed by atoms with van der Waals surface area (Å²) >= 11 is 0. The third-order valence-electron chi connectivity index (χ3n) is 2.69. The first-order valence-corrected chi connectivity index (χ1v) is 5.78. The molecule has 18 heavy (non-hydrogen) atoms. The number of aromatic carboxylic acids is 1. The molecule has 0 unspecified atom stereocenters. The standard InChI is InChI=1S/C15H15NO2/c1-11-4-2-7-14(8-11)16-10-12-5-3-6-13(9-12)15(17)18/h2-9,16H,10H2,1H3,(H,17,18). The van der Waals surface area contributed by atoms with Crippen molar-refractivity contribution in [2.24, 2.45) is 0 Å². The van der Waals surface area contributed by atoms with E-state index in [2.05, 4.69) is 11.4 Å². The molecular formula is C15H15NO2. The van der Waals surface area contributed by atoms with Crippen LogP contribution in [0.4, 0.5) is 5.69 Å². The van der Waals surface area contributed by atoms with E-state index in [9.17, 15) is 4.79 Å². The Morgan fingerprint density at radius 1 is 1.17 bits per heavy atom. The van der Waals surface area contributed by atoms with Crippen LogP contribution in [0.1, 0.15) is 21.5 Å². The number of hydrogen-bond donors (Lipinski definition) is 2. The maximum atomic E-state index is 10.9. The first kappa shape index (κ1) is 12.2. The first-order valence-electron chi connectivity index (χ1n) is 5.78. The third-order valence-corrected chi connectivity index (χ3v) is 2.69. The van der Waals surface area contributed by atoms with E-state index < -0.39 is 5.97 Å². The Kier molecular flexibility index (Phi) is 3.63. The molecule has 2 N–H and O–H groups in total. The topological polar surface area (TPSA) is 49.3 Å². The number of carboxylic acids is 1. The molecule has 0 atom stereocenters. The number of rotatable bonds is 4. The normalized spacial score (nSPS) is 10.1. The van der Waals surface area contributed by atoms with Crippen molar-refractivity contribution in [3.8, 4) is 0 Å². The lowest BCUT2D eigenvalue weighted by molar-refractivity contribution is 0.0697. The highest BCUT2D eigenvalue weighted by Crippen LogP contribution is 2.12. The highest BCUT2D eigenvalue weighted by molar-refractivity contribution is 5.87. The van der Waals surface area contributed by atoms with Crippen LogP contribution in [0, 0.1) is 6.92 Å². The van der Waals surface area contributed by atoms with Crippen molar-refractivity contribution < 1.29 is 9.90 Å². The van der Waals surface area contributed by atoms with Crippen molar-refractivity contribution in [3.05, 3.63) is 65.2 Å². The maximum Gasteiger partial charge on any atom is 0.335 e. The van der Waals surface area contributed by atoms with E-state index in [-0.39, 0.29) is 0 Å². The number of benzene rings is 2. The zero-order valence-electron chi connectivity index (χ0n) is 10.2. The minimum atomic E-state index is -0.896. The van der Waals surface area contributed by atoms with Gasteiger partial charge >= 0.3 is 5.97 Å². The van der Waals surface area contributed by atoms with Gasteiger partial charge in [-0.15, -0.1) is 0 Å². The molecule has 0 amide bonds. The van der Waals surface area contributed by atoms with Crippen molar-refractivity contribution in [1.29, 1.82) is 0 Å². The van der Waals surface area contributed by atoms with Crippen molar-refractivity contribution in [2.75, 3.05) is 5.32 Å². The van der Waals surface area contributed by atoms with Gasteiger partial charge in [-0.25, -0.2) is 4.79 Å². The zero-order valence-corrected chi connectivity index (χ0v) is 10.2. The lowest BCUT2D eigenvalue weighted by atomic mass is 10.1. The van der Waals surface area contributed by atoms with Crippen LogP contribution in [0.5, 0.6) is 0 Å². The zero-order chi connectivity index (χ0) is 13.0. The SMILES string of the molecule is Cc1cccc(NCc2cccc(C(=O)O)c2)c1. The highest BCUT2D eigenvalue weighted by Gasteiger charge is 2.02. The second-order valence-electron chi connectivity index (χ2n) is 4.23. The van der Waals surface area contributed by atoms with Gasteiger partial charge in [-0.2, -0.15) is 0 Å². The van der Waals surface area contributed by atoms with E-state index in [0.29, 0.717) is 12.1 Å². The summed E-state index contributed by atoms with van der Waals surface area (Å²) < 4.78 is 0. The Hall–Kier alpha value is -2.29. The third kappa shape index (κ3) is 3.10. The molecule has 3 nitrogen and oxygen atoms in total. The molecule has 0 bridgehead atoms. The second kappa shape index (κ2) is 5.36. The molecule has 2 aromatic rings. The summed E-state index contributed by atoms with van der Waals surface area (Å²) in [7, 11) is 0. The average Bonchev–Trinajstić information content (AvgIpc) is 2.37. The van der Waals surface area contributed by atoms with Gasteiger partial charge in [0, 0.05) is 12.2 Å².